The molecule has 22 heavy (non-hydrogen) atoms. The molecule has 0 saturated carbocycles. The van der Waals surface area contributed by atoms with E-state index in [1.807, 2.05) is 23.0 Å². The molecule has 2 aromatic rings. The van der Waals surface area contributed by atoms with Crippen LogP contribution in [0.2, 0.25) is 0 Å². The summed E-state index contributed by atoms with van der Waals surface area (Å²) in [5.41, 5.74) is 10.6. The fourth-order valence-electron chi connectivity index (χ4n) is 2.20. The predicted octanol–water partition coefficient (Wildman–Crippen LogP) is 4.13. The fraction of sp³-hybridized carbons (Fsp3) is 0.438. The van der Waals surface area contributed by atoms with E-state index in [0.29, 0.717) is 19.1 Å². The zero-order valence-electron chi connectivity index (χ0n) is 13.0. The van der Waals surface area contributed by atoms with Gasteiger partial charge in [0.25, 0.3) is 0 Å². The van der Waals surface area contributed by atoms with Crippen molar-refractivity contribution >= 4 is 0 Å². The maximum atomic E-state index is 8.18. The van der Waals surface area contributed by atoms with E-state index in [9.17, 15) is 0 Å². The maximum absolute atomic E-state index is 8.18. The van der Waals surface area contributed by atoms with Crippen molar-refractivity contribution in [2.24, 2.45) is 5.11 Å². The Labute approximate surface area is 130 Å². The topological polar surface area (TPSA) is 75.8 Å². The molecule has 0 N–H and O–H groups in total. The number of hydrogen-bond donors (Lipinski definition) is 0. The summed E-state index contributed by atoms with van der Waals surface area (Å²) in [5, 5.41) is 7.85. The van der Waals surface area contributed by atoms with Gasteiger partial charge in [-0.05, 0) is 41.6 Å². The molecule has 0 atom stereocenters. The van der Waals surface area contributed by atoms with Crippen molar-refractivity contribution in [1.82, 2.24) is 9.78 Å². The van der Waals surface area contributed by atoms with Gasteiger partial charge in [-0.1, -0.05) is 31.1 Å². The molecule has 2 rings (SSSR count). The first kappa shape index (κ1) is 15.9. The quantitative estimate of drug-likeness (QED) is 0.318. The van der Waals surface area contributed by atoms with Crippen LogP contribution in [-0.4, -0.2) is 22.9 Å². The lowest BCUT2D eigenvalue weighted by atomic mass is 10.1. The highest BCUT2D eigenvalue weighted by Gasteiger charge is 2.07. The first-order valence-electron chi connectivity index (χ1n) is 7.45. The molecule has 0 aliphatic heterocycles. The number of hydrogen-bond acceptors (Lipinski definition) is 3. The van der Waals surface area contributed by atoms with E-state index in [1.165, 1.54) is 11.3 Å². The maximum Gasteiger partial charge on any atom is 0.119 e. The second-order valence-electron chi connectivity index (χ2n) is 5.37. The van der Waals surface area contributed by atoms with Crippen molar-refractivity contribution in [3.05, 3.63) is 58.2 Å². The van der Waals surface area contributed by atoms with Gasteiger partial charge in [0, 0.05) is 23.3 Å². The number of benzene rings is 1. The van der Waals surface area contributed by atoms with Crippen molar-refractivity contribution in [2.75, 3.05) is 13.2 Å². The highest BCUT2D eigenvalue weighted by Crippen LogP contribution is 2.17. The summed E-state index contributed by atoms with van der Waals surface area (Å²) in [6.45, 7) is 6.11. The molecule has 1 heterocycles. The second-order valence-corrected chi connectivity index (χ2v) is 5.37. The van der Waals surface area contributed by atoms with Crippen LogP contribution in [0.25, 0.3) is 10.4 Å². The van der Waals surface area contributed by atoms with Crippen LogP contribution in [0.15, 0.2) is 41.6 Å². The van der Waals surface area contributed by atoms with Gasteiger partial charge in [-0.2, -0.15) is 5.10 Å². The van der Waals surface area contributed by atoms with Gasteiger partial charge in [0.05, 0.1) is 13.2 Å². The smallest absolute Gasteiger partial charge is 0.119 e. The van der Waals surface area contributed by atoms with E-state index in [2.05, 4.69) is 47.2 Å². The Morgan fingerprint density at radius 3 is 2.73 bits per heavy atom. The summed E-state index contributed by atoms with van der Waals surface area (Å²) in [4.78, 5) is 2.71. The molecule has 0 fully saturated rings. The SMILES string of the molecule is CC(C)c1ccnn1Cc1ccc(OCCCN=[N+]=[N-])cc1. The van der Waals surface area contributed by atoms with Crippen LogP contribution in [0.5, 0.6) is 5.75 Å². The van der Waals surface area contributed by atoms with E-state index in [-0.39, 0.29) is 0 Å². The highest BCUT2D eigenvalue weighted by molar-refractivity contribution is 5.27. The molecular weight excluding hydrogens is 278 g/mol. The highest BCUT2D eigenvalue weighted by atomic mass is 16.5. The van der Waals surface area contributed by atoms with E-state index in [4.69, 9.17) is 10.3 Å². The van der Waals surface area contributed by atoms with Gasteiger partial charge in [0.1, 0.15) is 5.75 Å². The van der Waals surface area contributed by atoms with E-state index < -0.39 is 0 Å². The standard InChI is InChI=1S/C16H21N5O/c1-13(2)16-8-10-19-21(16)12-14-4-6-15(7-5-14)22-11-3-9-18-20-17/h4-8,10,13H,3,9,11-12H2,1-2H3. The lowest BCUT2D eigenvalue weighted by Gasteiger charge is -2.11. The number of aromatic nitrogens is 2. The van der Waals surface area contributed by atoms with Crippen LogP contribution in [0.3, 0.4) is 0 Å². The van der Waals surface area contributed by atoms with Crippen LogP contribution in [0, 0.1) is 0 Å². The molecule has 6 heteroatoms. The fourth-order valence-corrected chi connectivity index (χ4v) is 2.20. The van der Waals surface area contributed by atoms with Gasteiger partial charge in [-0.15, -0.1) is 0 Å². The molecule has 1 aromatic carbocycles. The Balaban J connectivity index is 1.89. The van der Waals surface area contributed by atoms with Crippen molar-refractivity contribution in [3.63, 3.8) is 0 Å². The third-order valence-electron chi connectivity index (χ3n) is 3.33. The Morgan fingerprint density at radius 2 is 2.05 bits per heavy atom. The minimum absolute atomic E-state index is 0.459. The lowest BCUT2D eigenvalue weighted by molar-refractivity contribution is 0.313. The van der Waals surface area contributed by atoms with Crippen LogP contribution in [0.1, 0.15) is 37.4 Å². The normalized spacial score (nSPS) is 10.5. The van der Waals surface area contributed by atoms with Crippen LogP contribution in [0.4, 0.5) is 0 Å². The zero-order chi connectivity index (χ0) is 15.8. The minimum atomic E-state index is 0.459. The Kier molecular flexibility index (Phi) is 5.86. The van der Waals surface area contributed by atoms with Gasteiger partial charge in [0.15, 0.2) is 0 Å². The van der Waals surface area contributed by atoms with Crippen LogP contribution in [-0.2, 0) is 6.54 Å². The Morgan fingerprint density at radius 1 is 1.27 bits per heavy atom. The molecular formula is C16H21N5O. The number of ether oxygens (including phenoxy) is 1. The molecule has 6 nitrogen and oxygen atoms in total. The molecule has 0 spiro atoms. The first-order chi connectivity index (χ1) is 10.7. The molecule has 0 unspecified atom stereocenters. The van der Waals surface area contributed by atoms with Crippen LogP contribution < -0.4 is 4.74 Å². The average Bonchev–Trinajstić information content (AvgIpc) is 2.97. The van der Waals surface area contributed by atoms with Crippen molar-refractivity contribution < 1.29 is 4.74 Å². The monoisotopic (exact) mass is 299 g/mol. The molecule has 0 aliphatic carbocycles. The summed E-state index contributed by atoms with van der Waals surface area (Å²) in [7, 11) is 0. The van der Waals surface area contributed by atoms with E-state index in [1.54, 1.807) is 0 Å². The third kappa shape index (κ3) is 4.53. The summed E-state index contributed by atoms with van der Waals surface area (Å²) in [6.07, 6.45) is 2.56. The number of azide groups is 1. The molecule has 0 amide bonds. The van der Waals surface area contributed by atoms with Crippen molar-refractivity contribution in [3.8, 4) is 5.75 Å². The first-order valence-corrected chi connectivity index (χ1v) is 7.45. The molecule has 116 valence electrons. The summed E-state index contributed by atoms with van der Waals surface area (Å²) in [5.74, 6) is 1.29. The number of nitrogens with zero attached hydrogens (tertiary/aromatic N) is 5. The van der Waals surface area contributed by atoms with Gasteiger partial charge >= 0.3 is 0 Å². The van der Waals surface area contributed by atoms with Crippen molar-refractivity contribution in [1.29, 1.82) is 0 Å². The summed E-state index contributed by atoms with van der Waals surface area (Å²) < 4.78 is 7.63. The number of rotatable bonds is 8. The molecule has 0 radical (unpaired) electrons. The van der Waals surface area contributed by atoms with Crippen molar-refractivity contribution in [2.45, 2.75) is 32.7 Å². The minimum Gasteiger partial charge on any atom is -0.494 e. The summed E-state index contributed by atoms with van der Waals surface area (Å²) in [6, 6.07) is 10.1. The molecule has 0 bridgehead atoms. The Bertz CT molecular complexity index is 626. The predicted molar refractivity (Wildman–Crippen MR) is 86.0 cm³/mol. The van der Waals surface area contributed by atoms with Gasteiger partial charge < -0.3 is 4.74 Å². The van der Waals surface area contributed by atoms with Gasteiger partial charge in [-0.25, -0.2) is 0 Å². The molecule has 1 aromatic heterocycles. The van der Waals surface area contributed by atoms with Crippen LogP contribution >= 0.6 is 0 Å². The lowest BCUT2D eigenvalue weighted by Crippen LogP contribution is -2.07. The largest absolute Gasteiger partial charge is 0.494 e. The Hall–Kier alpha value is -2.46. The van der Waals surface area contributed by atoms with E-state index >= 15 is 0 Å². The summed E-state index contributed by atoms with van der Waals surface area (Å²) >= 11 is 0. The second kappa shape index (κ2) is 8.10. The molecule has 0 saturated heterocycles. The van der Waals surface area contributed by atoms with E-state index in [0.717, 1.165) is 18.7 Å². The van der Waals surface area contributed by atoms with Gasteiger partial charge in [0.2, 0.25) is 0 Å². The third-order valence-corrected chi connectivity index (χ3v) is 3.33. The molecule has 0 aliphatic rings. The van der Waals surface area contributed by atoms with Gasteiger partial charge in [-0.3, -0.25) is 4.68 Å². The zero-order valence-corrected chi connectivity index (χ0v) is 13.0. The average molecular weight is 299 g/mol.